The average molecular weight is 169 g/mol. The normalized spacial score (nSPS) is 12.8. The maximum Gasteiger partial charge on any atom is 0.320 e. The van der Waals surface area contributed by atoms with Crippen LogP contribution in [-0.4, -0.2) is 27.1 Å². The van der Waals surface area contributed by atoms with Crippen LogP contribution in [0.5, 0.6) is 0 Å². The van der Waals surface area contributed by atoms with Crippen molar-refractivity contribution in [2.24, 2.45) is 5.73 Å². The van der Waals surface area contributed by atoms with Crippen LogP contribution in [0.1, 0.15) is 11.4 Å². The van der Waals surface area contributed by atoms with Gasteiger partial charge in [-0.3, -0.25) is 4.79 Å². The third-order valence-corrected chi connectivity index (χ3v) is 1.66. The van der Waals surface area contributed by atoms with E-state index in [1.165, 1.54) is 6.33 Å². The molecule has 0 amide bonds. The van der Waals surface area contributed by atoms with Crippen LogP contribution in [0.4, 0.5) is 0 Å². The van der Waals surface area contributed by atoms with Gasteiger partial charge in [0.1, 0.15) is 6.04 Å². The second kappa shape index (κ2) is 3.36. The standard InChI is InChI=1S/C7H11N3O2/c1-4-6(10-3-9-4)2-5(8)7(11)12/h3,5H,2,8H2,1H3,(H,9,10)(H,11,12). The highest BCUT2D eigenvalue weighted by Gasteiger charge is 2.14. The van der Waals surface area contributed by atoms with E-state index in [1.54, 1.807) is 0 Å². The second-order valence-corrected chi connectivity index (χ2v) is 2.62. The molecule has 1 rings (SSSR count). The summed E-state index contributed by atoms with van der Waals surface area (Å²) in [5, 5.41) is 8.51. The molecule has 0 saturated carbocycles. The Morgan fingerprint density at radius 3 is 3.00 bits per heavy atom. The van der Waals surface area contributed by atoms with Crippen LogP contribution in [0.25, 0.3) is 0 Å². The summed E-state index contributed by atoms with van der Waals surface area (Å²) < 4.78 is 0. The van der Waals surface area contributed by atoms with E-state index in [9.17, 15) is 4.79 Å². The van der Waals surface area contributed by atoms with E-state index in [-0.39, 0.29) is 6.42 Å². The predicted molar refractivity (Wildman–Crippen MR) is 42.6 cm³/mol. The summed E-state index contributed by atoms with van der Waals surface area (Å²) in [6, 6.07) is -0.869. The fourth-order valence-corrected chi connectivity index (χ4v) is 0.889. The first-order valence-electron chi connectivity index (χ1n) is 3.58. The molecule has 1 aromatic rings. The van der Waals surface area contributed by atoms with Gasteiger partial charge in [0.05, 0.1) is 12.0 Å². The van der Waals surface area contributed by atoms with Crippen molar-refractivity contribution in [3.8, 4) is 0 Å². The SMILES string of the molecule is Cc1[nH]cnc1CC(N)C(=O)O. The minimum absolute atomic E-state index is 0.269. The smallest absolute Gasteiger partial charge is 0.320 e. The van der Waals surface area contributed by atoms with Gasteiger partial charge in [-0.15, -0.1) is 0 Å². The molecule has 0 aromatic carbocycles. The largest absolute Gasteiger partial charge is 0.480 e. The number of aromatic amines is 1. The fraction of sp³-hybridized carbons (Fsp3) is 0.429. The Labute approximate surface area is 69.6 Å². The van der Waals surface area contributed by atoms with Crippen molar-refractivity contribution in [2.45, 2.75) is 19.4 Å². The molecule has 1 heterocycles. The van der Waals surface area contributed by atoms with Gasteiger partial charge in [0.25, 0.3) is 0 Å². The summed E-state index contributed by atoms with van der Waals surface area (Å²) >= 11 is 0. The molecule has 4 N–H and O–H groups in total. The second-order valence-electron chi connectivity index (χ2n) is 2.62. The van der Waals surface area contributed by atoms with E-state index in [4.69, 9.17) is 10.8 Å². The first-order chi connectivity index (χ1) is 5.61. The van der Waals surface area contributed by atoms with Crippen molar-refractivity contribution >= 4 is 5.97 Å². The van der Waals surface area contributed by atoms with Crippen LogP contribution in [-0.2, 0) is 11.2 Å². The number of hydrogen-bond donors (Lipinski definition) is 3. The molecule has 66 valence electrons. The highest BCUT2D eigenvalue weighted by Crippen LogP contribution is 2.02. The number of hydrogen-bond acceptors (Lipinski definition) is 3. The van der Waals surface area contributed by atoms with Crippen LogP contribution in [0, 0.1) is 6.92 Å². The minimum atomic E-state index is -1.00. The lowest BCUT2D eigenvalue weighted by Gasteiger charge is -2.03. The summed E-state index contributed by atoms with van der Waals surface area (Å²) in [5.74, 6) is -1.00. The Kier molecular flexibility index (Phi) is 2.44. The van der Waals surface area contributed by atoms with E-state index in [1.807, 2.05) is 6.92 Å². The topological polar surface area (TPSA) is 92.0 Å². The number of carboxylic acid groups (broad SMARTS) is 1. The molecule has 1 atom stereocenters. The van der Waals surface area contributed by atoms with Gasteiger partial charge >= 0.3 is 5.97 Å². The molecular formula is C7H11N3O2. The molecule has 0 saturated heterocycles. The molecule has 5 heteroatoms. The van der Waals surface area contributed by atoms with Gasteiger partial charge < -0.3 is 15.8 Å². The number of nitrogens with zero attached hydrogens (tertiary/aromatic N) is 1. The zero-order valence-corrected chi connectivity index (χ0v) is 6.74. The Balaban J connectivity index is 2.64. The van der Waals surface area contributed by atoms with E-state index in [2.05, 4.69) is 9.97 Å². The molecule has 5 nitrogen and oxygen atoms in total. The maximum absolute atomic E-state index is 10.4. The number of carbonyl (C=O) groups is 1. The van der Waals surface area contributed by atoms with Crippen molar-refractivity contribution in [3.05, 3.63) is 17.7 Å². The molecule has 1 aromatic heterocycles. The van der Waals surface area contributed by atoms with Gasteiger partial charge in [0.15, 0.2) is 0 Å². The van der Waals surface area contributed by atoms with Crippen LogP contribution in [0.2, 0.25) is 0 Å². The first-order valence-corrected chi connectivity index (χ1v) is 3.58. The van der Waals surface area contributed by atoms with Gasteiger partial charge in [-0.25, -0.2) is 4.98 Å². The summed E-state index contributed by atoms with van der Waals surface area (Å²) in [6.45, 7) is 1.83. The number of H-pyrrole nitrogens is 1. The van der Waals surface area contributed by atoms with Crippen LogP contribution in [0.3, 0.4) is 0 Å². The molecule has 0 aliphatic carbocycles. The van der Waals surface area contributed by atoms with Crippen LogP contribution < -0.4 is 5.73 Å². The fourth-order valence-electron chi connectivity index (χ4n) is 0.889. The monoisotopic (exact) mass is 169 g/mol. The molecule has 0 bridgehead atoms. The van der Waals surface area contributed by atoms with Gasteiger partial charge in [0.2, 0.25) is 0 Å². The number of nitrogens with two attached hydrogens (primary N) is 1. The average Bonchev–Trinajstić information content (AvgIpc) is 2.36. The lowest BCUT2D eigenvalue weighted by atomic mass is 10.1. The zero-order valence-electron chi connectivity index (χ0n) is 6.74. The summed E-state index contributed by atoms with van der Waals surface area (Å²) in [4.78, 5) is 17.2. The third kappa shape index (κ3) is 1.82. The maximum atomic E-state index is 10.4. The molecule has 0 fully saturated rings. The van der Waals surface area contributed by atoms with Gasteiger partial charge in [0, 0.05) is 12.1 Å². The Morgan fingerprint density at radius 1 is 1.92 bits per heavy atom. The number of carboxylic acids is 1. The summed E-state index contributed by atoms with van der Waals surface area (Å²) in [7, 11) is 0. The van der Waals surface area contributed by atoms with E-state index >= 15 is 0 Å². The Hall–Kier alpha value is -1.36. The molecule has 0 radical (unpaired) electrons. The molecule has 0 aliphatic heterocycles. The van der Waals surface area contributed by atoms with Crippen LogP contribution in [0.15, 0.2) is 6.33 Å². The third-order valence-electron chi connectivity index (χ3n) is 1.66. The van der Waals surface area contributed by atoms with Gasteiger partial charge in [-0.05, 0) is 6.92 Å². The zero-order chi connectivity index (χ0) is 9.14. The van der Waals surface area contributed by atoms with E-state index in [0.29, 0.717) is 5.69 Å². The lowest BCUT2D eigenvalue weighted by molar-refractivity contribution is -0.138. The molecular weight excluding hydrogens is 158 g/mol. The number of aliphatic carboxylic acids is 1. The number of rotatable bonds is 3. The number of imidazole rings is 1. The number of nitrogens with one attached hydrogen (secondary N) is 1. The first kappa shape index (κ1) is 8.73. The summed E-state index contributed by atoms with van der Waals surface area (Å²) in [5.41, 5.74) is 6.90. The minimum Gasteiger partial charge on any atom is -0.480 e. The Morgan fingerprint density at radius 2 is 2.58 bits per heavy atom. The number of aryl methyl sites for hydroxylation is 1. The van der Waals surface area contributed by atoms with Crippen LogP contribution >= 0.6 is 0 Å². The predicted octanol–water partition coefficient (Wildman–Crippen LogP) is -0.327. The van der Waals surface area contributed by atoms with Gasteiger partial charge in [-0.2, -0.15) is 0 Å². The van der Waals surface area contributed by atoms with E-state index in [0.717, 1.165) is 5.69 Å². The van der Waals surface area contributed by atoms with Gasteiger partial charge in [-0.1, -0.05) is 0 Å². The van der Waals surface area contributed by atoms with Crippen molar-refractivity contribution in [2.75, 3.05) is 0 Å². The lowest BCUT2D eigenvalue weighted by Crippen LogP contribution is -2.32. The van der Waals surface area contributed by atoms with E-state index < -0.39 is 12.0 Å². The highest BCUT2D eigenvalue weighted by atomic mass is 16.4. The van der Waals surface area contributed by atoms with Crippen molar-refractivity contribution in [1.82, 2.24) is 9.97 Å². The quantitative estimate of drug-likeness (QED) is 0.577. The van der Waals surface area contributed by atoms with Crippen molar-refractivity contribution < 1.29 is 9.90 Å². The molecule has 0 aliphatic rings. The summed E-state index contributed by atoms with van der Waals surface area (Å²) in [6.07, 6.45) is 1.80. The highest BCUT2D eigenvalue weighted by molar-refractivity contribution is 5.73. The molecule has 1 unspecified atom stereocenters. The number of aromatic nitrogens is 2. The van der Waals surface area contributed by atoms with Crippen molar-refractivity contribution in [1.29, 1.82) is 0 Å². The van der Waals surface area contributed by atoms with Crippen molar-refractivity contribution in [3.63, 3.8) is 0 Å². The Bertz CT molecular complexity index is 282. The molecule has 12 heavy (non-hydrogen) atoms. The molecule has 0 spiro atoms.